The van der Waals surface area contributed by atoms with Crippen molar-refractivity contribution in [3.63, 3.8) is 0 Å². The maximum absolute atomic E-state index is 11.9. The van der Waals surface area contributed by atoms with Crippen molar-refractivity contribution in [1.29, 1.82) is 0 Å². The summed E-state index contributed by atoms with van der Waals surface area (Å²) in [5.41, 5.74) is 0.899. The Hall–Kier alpha value is -1.72. The van der Waals surface area contributed by atoms with Gasteiger partial charge in [-0.3, -0.25) is 9.59 Å². The summed E-state index contributed by atoms with van der Waals surface area (Å²) in [7, 11) is 0. The summed E-state index contributed by atoms with van der Waals surface area (Å²) in [6.45, 7) is 11.6. The van der Waals surface area contributed by atoms with Gasteiger partial charge in [0.15, 0.2) is 5.78 Å². The van der Waals surface area contributed by atoms with E-state index in [-0.39, 0.29) is 36.1 Å². The van der Waals surface area contributed by atoms with Gasteiger partial charge in [0, 0.05) is 12.1 Å². The van der Waals surface area contributed by atoms with Gasteiger partial charge in [-0.2, -0.15) is 0 Å². The molecule has 0 atom stereocenters. The van der Waals surface area contributed by atoms with Gasteiger partial charge in [-0.05, 0) is 59.2 Å². The molecular formula is C19H29NO4. The Kier molecular flexibility index (Phi) is 7.11. The molecular weight excluding hydrogens is 306 g/mol. The fraction of sp³-hybridized carbons (Fsp3) is 0.579. The van der Waals surface area contributed by atoms with Crippen LogP contribution in [0.3, 0.4) is 0 Å². The number of hydrogen-bond donors (Lipinski definition) is 1. The molecule has 0 bridgehead atoms. The minimum Gasteiger partial charge on any atom is -0.368 e. The first-order valence-electron chi connectivity index (χ1n) is 8.13. The highest BCUT2D eigenvalue weighted by atomic mass is 16.5. The number of amides is 1. The van der Waals surface area contributed by atoms with Gasteiger partial charge in [-0.25, -0.2) is 0 Å². The van der Waals surface area contributed by atoms with Crippen molar-refractivity contribution < 1.29 is 19.1 Å². The number of carbonyl (C=O) groups is 2. The topological polar surface area (TPSA) is 64.6 Å². The highest BCUT2D eigenvalue weighted by molar-refractivity contribution is 5.91. The molecule has 1 aromatic rings. The smallest absolute Gasteiger partial charge is 0.250 e. The summed E-state index contributed by atoms with van der Waals surface area (Å²) in [6, 6.07) is 7.22. The van der Waals surface area contributed by atoms with Crippen LogP contribution in [0.25, 0.3) is 0 Å². The Balaban J connectivity index is 2.45. The maximum Gasteiger partial charge on any atom is 0.250 e. The molecule has 1 rings (SSSR count). The van der Waals surface area contributed by atoms with E-state index >= 15 is 0 Å². The molecule has 0 aliphatic rings. The standard InChI is InChI=1S/C19H29NO4/c1-18(2,3)23-12-16(21)11-14-7-9-15(10-8-14)20-17(22)13-24-19(4,5)6/h7-10H,11-13H2,1-6H3,(H,20,22). The number of anilines is 1. The van der Waals surface area contributed by atoms with E-state index in [2.05, 4.69) is 5.32 Å². The van der Waals surface area contributed by atoms with E-state index in [0.29, 0.717) is 12.1 Å². The lowest BCUT2D eigenvalue weighted by molar-refractivity contribution is -0.127. The van der Waals surface area contributed by atoms with Crippen LogP contribution in [-0.2, 0) is 25.5 Å². The zero-order valence-electron chi connectivity index (χ0n) is 15.6. The fourth-order valence-electron chi connectivity index (χ4n) is 1.76. The summed E-state index contributed by atoms with van der Waals surface area (Å²) >= 11 is 0. The lowest BCUT2D eigenvalue weighted by Gasteiger charge is -2.19. The Morgan fingerprint density at radius 2 is 1.38 bits per heavy atom. The maximum atomic E-state index is 11.9. The number of nitrogens with one attached hydrogen (secondary N) is 1. The number of ether oxygens (including phenoxy) is 2. The monoisotopic (exact) mass is 335 g/mol. The first-order chi connectivity index (χ1) is 10.9. The molecule has 0 saturated carbocycles. The van der Waals surface area contributed by atoms with Gasteiger partial charge in [0.25, 0.3) is 0 Å². The summed E-state index contributed by atoms with van der Waals surface area (Å²) in [5.74, 6) is -0.174. The van der Waals surface area contributed by atoms with E-state index < -0.39 is 0 Å². The molecule has 0 spiro atoms. The second kappa shape index (κ2) is 8.40. The Bertz CT molecular complexity index is 499. The van der Waals surface area contributed by atoms with Gasteiger partial charge in [0.1, 0.15) is 13.2 Å². The summed E-state index contributed by atoms with van der Waals surface area (Å²) in [6.07, 6.45) is 0.317. The third-order valence-electron chi connectivity index (χ3n) is 2.94. The number of ketones is 1. The molecule has 0 aromatic heterocycles. The fourth-order valence-corrected chi connectivity index (χ4v) is 1.76. The van der Waals surface area contributed by atoms with E-state index in [1.807, 2.05) is 53.7 Å². The highest BCUT2D eigenvalue weighted by Gasteiger charge is 2.14. The first kappa shape index (κ1) is 20.3. The minimum absolute atomic E-state index is 0.00782. The van der Waals surface area contributed by atoms with Crippen molar-refractivity contribution in [2.24, 2.45) is 0 Å². The summed E-state index contributed by atoms with van der Waals surface area (Å²) < 4.78 is 10.9. The van der Waals surface area contributed by atoms with Crippen molar-refractivity contribution in [2.75, 3.05) is 18.5 Å². The van der Waals surface area contributed by atoms with E-state index in [1.165, 1.54) is 0 Å². The SMILES string of the molecule is CC(C)(C)OCC(=O)Cc1ccc(NC(=O)COC(C)(C)C)cc1. The molecule has 0 aliphatic carbocycles. The van der Waals surface area contributed by atoms with Gasteiger partial charge in [-0.1, -0.05) is 12.1 Å². The van der Waals surface area contributed by atoms with Crippen LogP contribution in [0.4, 0.5) is 5.69 Å². The summed E-state index contributed by atoms with van der Waals surface area (Å²) in [5, 5.41) is 2.77. The average molecular weight is 335 g/mol. The largest absolute Gasteiger partial charge is 0.368 e. The number of benzene rings is 1. The Morgan fingerprint density at radius 3 is 1.88 bits per heavy atom. The molecule has 0 saturated heterocycles. The van der Waals surface area contributed by atoms with Crippen molar-refractivity contribution in [3.8, 4) is 0 Å². The first-order valence-corrected chi connectivity index (χ1v) is 8.13. The van der Waals surface area contributed by atoms with Gasteiger partial charge in [0.2, 0.25) is 5.91 Å². The number of hydrogen-bond acceptors (Lipinski definition) is 4. The van der Waals surface area contributed by atoms with Crippen molar-refractivity contribution in [2.45, 2.75) is 59.2 Å². The second-order valence-corrected chi connectivity index (χ2v) is 7.76. The molecule has 1 amide bonds. The van der Waals surface area contributed by atoms with Crippen LogP contribution in [-0.4, -0.2) is 36.1 Å². The Labute approximate surface area is 144 Å². The zero-order chi connectivity index (χ0) is 18.4. The van der Waals surface area contributed by atoms with E-state index in [9.17, 15) is 9.59 Å². The molecule has 0 heterocycles. The van der Waals surface area contributed by atoms with Gasteiger partial charge in [0.05, 0.1) is 11.2 Å². The van der Waals surface area contributed by atoms with Crippen LogP contribution in [0.5, 0.6) is 0 Å². The molecule has 134 valence electrons. The minimum atomic E-state index is -0.351. The van der Waals surface area contributed by atoms with Gasteiger partial charge >= 0.3 is 0 Å². The van der Waals surface area contributed by atoms with E-state index in [0.717, 1.165) is 5.56 Å². The van der Waals surface area contributed by atoms with Crippen LogP contribution < -0.4 is 5.32 Å². The number of rotatable bonds is 7. The van der Waals surface area contributed by atoms with Gasteiger partial charge in [-0.15, -0.1) is 0 Å². The predicted molar refractivity (Wildman–Crippen MR) is 95.2 cm³/mol. The molecule has 0 aliphatic heterocycles. The molecule has 24 heavy (non-hydrogen) atoms. The molecule has 5 heteroatoms. The van der Waals surface area contributed by atoms with Crippen molar-refractivity contribution >= 4 is 17.4 Å². The number of carbonyl (C=O) groups excluding carboxylic acids is 2. The van der Waals surface area contributed by atoms with Crippen molar-refractivity contribution in [3.05, 3.63) is 29.8 Å². The van der Waals surface area contributed by atoms with Crippen molar-refractivity contribution in [1.82, 2.24) is 0 Å². The Morgan fingerprint density at radius 1 is 0.875 bits per heavy atom. The second-order valence-electron chi connectivity index (χ2n) is 7.76. The predicted octanol–water partition coefficient (Wildman–Crippen LogP) is 3.37. The zero-order valence-corrected chi connectivity index (χ0v) is 15.6. The third-order valence-corrected chi connectivity index (χ3v) is 2.94. The lowest BCUT2D eigenvalue weighted by atomic mass is 10.1. The summed E-state index contributed by atoms with van der Waals surface area (Å²) in [4.78, 5) is 23.7. The molecule has 0 fully saturated rings. The molecule has 0 radical (unpaired) electrons. The van der Waals surface area contributed by atoms with Crippen LogP contribution in [0.15, 0.2) is 24.3 Å². The molecule has 1 N–H and O–H groups in total. The average Bonchev–Trinajstić information content (AvgIpc) is 2.44. The molecule has 1 aromatic carbocycles. The quantitative estimate of drug-likeness (QED) is 0.830. The van der Waals surface area contributed by atoms with Crippen LogP contribution in [0, 0.1) is 0 Å². The number of Topliss-reactive ketones (excluding diaryl/α,β-unsaturated/α-hetero) is 1. The van der Waals surface area contributed by atoms with Crippen LogP contribution in [0.2, 0.25) is 0 Å². The highest BCUT2D eigenvalue weighted by Crippen LogP contribution is 2.12. The molecule has 5 nitrogen and oxygen atoms in total. The molecule has 0 unspecified atom stereocenters. The third kappa shape index (κ3) is 9.43. The lowest BCUT2D eigenvalue weighted by Crippen LogP contribution is -2.27. The normalized spacial score (nSPS) is 12.1. The van der Waals surface area contributed by atoms with Crippen LogP contribution in [0.1, 0.15) is 47.1 Å². The van der Waals surface area contributed by atoms with E-state index in [4.69, 9.17) is 9.47 Å². The van der Waals surface area contributed by atoms with Gasteiger partial charge < -0.3 is 14.8 Å². The van der Waals surface area contributed by atoms with Crippen LogP contribution >= 0.6 is 0 Å². The van der Waals surface area contributed by atoms with E-state index in [1.54, 1.807) is 12.1 Å².